The predicted octanol–water partition coefficient (Wildman–Crippen LogP) is 3.69. The standard InChI is InChI=1S/C23H29BrFN3O4S/c1-5-16(2)26-23(30)17(3)27(14-18-9-8-10-19(24)13-18)22(29)15-28(33(4,31)32)21-12-7-6-11-20(21)25/h6-13,16-17H,5,14-15H2,1-4H3,(H,26,30)/t16-,17+/m1/s1. The summed E-state index contributed by atoms with van der Waals surface area (Å²) in [5, 5.41) is 2.85. The molecule has 7 nitrogen and oxygen atoms in total. The van der Waals surface area contributed by atoms with Gasteiger partial charge in [-0.05, 0) is 50.1 Å². The molecule has 2 amide bonds. The van der Waals surface area contributed by atoms with Crippen LogP contribution in [0.15, 0.2) is 53.0 Å². The highest BCUT2D eigenvalue weighted by Crippen LogP contribution is 2.22. The van der Waals surface area contributed by atoms with Gasteiger partial charge in [0.15, 0.2) is 0 Å². The summed E-state index contributed by atoms with van der Waals surface area (Å²) in [6.07, 6.45) is 1.62. The van der Waals surface area contributed by atoms with E-state index in [1.807, 2.05) is 26.0 Å². The van der Waals surface area contributed by atoms with Gasteiger partial charge in [-0.15, -0.1) is 0 Å². The number of hydrogen-bond acceptors (Lipinski definition) is 4. The number of hydrogen-bond donors (Lipinski definition) is 1. The molecule has 0 radical (unpaired) electrons. The van der Waals surface area contributed by atoms with Gasteiger partial charge >= 0.3 is 0 Å². The Morgan fingerprint density at radius 1 is 1.12 bits per heavy atom. The van der Waals surface area contributed by atoms with E-state index in [0.29, 0.717) is 6.42 Å². The van der Waals surface area contributed by atoms with E-state index in [2.05, 4.69) is 21.2 Å². The molecule has 33 heavy (non-hydrogen) atoms. The largest absolute Gasteiger partial charge is 0.352 e. The Labute approximate surface area is 203 Å². The molecule has 0 aromatic heterocycles. The van der Waals surface area contributed by atoms with Crippen molar-refractivity contribution in [1.82, 2.24) is 10.2 Å². The fourth-order valence-electron chi connectivity index (χ4n) is 3.13. The zero-order valence-electron chi connectivity index (χ0n) is 19.1. The lowest BCUT2D eigenvalue weighted by Crippen LogP contribution is -2.52. The van der Waals surface area contributed by atoms with Crippen LogP contribution < -0.4 is 9.62 Å². The summed E-state index contributed by atoms with van der Waals surface area (Å²) in [5.74, 6) is -1.75. The summed E-state index contributed by atoms with van der Waals surface area (Å²) < 4.78 is 40.8. The quantitative estimate of drug-likeness (QED) is 0.497. The van der Waals surface area contributed by atoms with Gasteiger partial charge in [-0.25, -0.2) is 12.8 Å². The molecule has 0 spiro atoms. The molecule has 0 aliphatic heterocycles. The second-order valence-electron chi connectivity index (χ2n) is 7.87. The number of amides is 2. The van der Waals surface area contributed by atoms with Gasteiger partial charge in [-0.3, -0.25) is 13.9 Å². The van der Waals surface area contributed by atoms with Gasteiger partial charge in [0.2, 0.25) is 21.8 Å². The lowest BCUT2D eigenvalue weighted by Gasteiger charge is -2.32. The third-order valence-corrected chi connectivity index (χ3v) is 6.83. The summed E-state index contributed by atoms with van der Waals surface area (Å²) >= 11 is 3.39. The summed E-state index contributed by atoms with van der Waals surface area (Å²) in [6.45, 7) is 4.80. The molecule has 1 N–H and O–H groups in total. The number of carbonyl (C=O) groups excluding carboxylic acids is 2. The van der Waals surface area contributed by atoms with Crippen molar-refractivity contribution in [2.45, 2.75) is 45.8 Å². The fraction of sp³-hybridized carbons (Fsp3) is 0.391. The Hall–Kier alpha value is -2.46. The summed E-state index contributed by atoms with van der Waals surface area (Å²) in [6, 6.07) is 11.6. The first kappa shape index (κ1) is 26.8. The predicted molar refractivity (Wildman–Crippen MR) is 131 cm³/mol. The Balaban J connectivity index is 2.40. The monoisotopic (exact) mass is 541 g/mol. The topological polar surface area (TPSA) is 86.8 Å². The van der Waals surface area contributed by atoms with Crippen LogP contribution in [0.5, 0.6) is 0 Å². The Kier molecular flexibility index (Phi) is 9.42. The number of nitrogens with zero attached hydrogens (tertiary/aromatic N) is 2. The van der Waals surface area contributed by atoms with E-state index in [-0.39, 0.29) is 24.2 Å². The van der Waals surface area contributed by atoms with E-state index in [0.717, 1.165) is 26.7 Å². The van der Waals surface area contributed by atoms with Crippen molar-refractivity contribution >= 4 is 43.5 Å². The maximum absolute atomic E-state index is 14.4. The second kappa shape index (κ2) is 11.6. The van der Waals surface area contributed by atoms with Crippen LogP contribution >= 0.6 is 15.9 Å². The molecule has 2 aromatic carbocycles. The van der Waals surface area contributed by atoms with E-state index in [1.165, 1.54) is 23.1 Å². The minimum atomic E-state index is -3.98. The maximum atomic E-state index is 14.4. The third-order valence-electron chi connectivity index (χ3n) is 5.21. The fourth-order valence-corrected chi connectivity index (χ4v) is 4.43. The molecule has 0 bridgehead atoms. The highest BCUT2D eigenvalue weighted by molar-refractivity contribution is 9.10. The van der Waals surface area contributed by atoms with E-state index >= 15 is 0 Å². The molecule has 10 heteroatoms. The van der Waals surface area contributed by atoms with Crippen molar-refractivity contribution < 1.29 is 22.4 Å². The summed E-state index contributed by atoms with van der Waals surface area (Å²) in [7, 11) is -3.98. The van der Waals surface area contributed by atoms with Gasteiger partial charge in [0.1, 0.15) is 18.4 Å². The molecule has 2 atom stereocenters. The highest BCUT2D eigenvalue weighted by atomic mass is 79.9. The Morgan fingerprint density at radius 3 is 2.36 bits per heavy atom. The van der Waals surface area contributed by atoms with Crippen molar-refractivity contribution in [3.63, 3.8) is 0 Å². The van der Waals surface area contributed by atoms with Gasteiger partial charge in [0.05, 0.1) is 11.9 Å². The second-order valence-corrected chi connectivity index (χ2v) is 10.7. The molecule has 0 heterocycles. The van der Waals surface area contributed by atoms with Crippen LogP contribution in [-0.4, -0.2) is 50.0 Å². The molecule has 2 rings (SSSR count). The average Bonchev–Trinajstić information content (AvgIpc) is 2.75. The van der Waals surface area contributed by atoms with Gasteiger partial charge in [0.25, 0.3) is 0 Å². The van der Waals surface area contributed by atoms with E-state index in [1.54, 1.807) is 19.1 Å². The van der Waals surface area contributed by atoms with Crippen LogP contribution in [0.2, 0.25) is 0 Å². The van der Waals surface area contributed by atoms with Crippen molar-refractivity contribution in [3.05, 3.63) is 64.4 Å². The van der Waals surface area contributed by atoms with E-state index in [9.17, 15) is 22.4 Å². The van der Waals surface area contributed by atoms with Gasteiger partial charge in [-0.1, -0.05) is 47.1 Å². The lowest BCUT2D eigenvalue weighted by molar-refractivity contribution is -0.139. The molecule has 0 aliphatic rings. The van der Waals surface area contributed by atoms with E-state index < -0.39 is 34.3 Å². The van der Waals surface area contributed by atoms with Crippen molar-refractivity contribution in [2.24, 2.45) is 0 Å². The zero-order valence-corrected chi connectivity index (χ0v) is 21.5. The molecule has 2 aromatic rings. The number of carbonyl (C=O) groups is 2. The number of nitrogens with one attached hydrogen (secondary N) is 1. The first-order valence-corrected chi connectivity index (χ1v) is 13.1. The Morgan fingerprint density at radius 2 is 1.79 bits per heavy atom. The Bertz CT molecular complexity index is 1100. The van der Waals surface area contributed by atoms with Crippen LogP contribution in [0.25, 0.3) is 0 Å². The molecule has 180 valence electrons. The molecule has 0 fully saturated rings. The number of halogens is 2. The normalized spacial score (nSPS) is 13.2. The third kappa shape index (κ3) is 7.53. The first-order valence-electron chi connectivity index (χ1n) is 10.5. The number of rotatable bonds is 10. The van der Waals surface area contributed by atoms with Crippen LogP contribution in [0, 0.1) is 5.82 Å². The van der Waals surface area contributed by atoms with Gasteiger partial charge in [-0.2, -0.15) is 0 Å². The summed E-state index contributed by atoms with van der Waals surface area (Å²) in [5.41, 5.74) is 0.519. The maximum Gasteiger partial charge on any atom is 0.244 e. The molecular formula is C23H29BrFN3O4S. The molecule has 0 aliphatic carbocycles. The number of para-hydroxylation sites is 1. The molecule has 0 saturated carbocycles. The minimum absolute atomic E-state index is 0.0717. The smallest absolute Gasteiger partial charge is 0.244 e. The van der Waals surface area contributed by atoms with Crippen LogP contribution in [0.3, 0.4) is 0 Å². The molecule has 0 unspecified atom stereocenters. The average molecular weight is 542 g/mol. The zero-order chi connectivity index (χ0) is 24.8. The lowest BCUT2D eigenvalue weighted by atomic mass is 10.1. The SMILES string of the molecule is CC[C@@H](C)NC(=O)[C@H](C)N(Cc1cccc(Br)c1)C(=O)CN(c1ccccc1F)S(C)(=O)=O. The van der Waals surface area contributed by atoms with Crippen molar-refractivity contribution in [1.29, 1.82) is 0 Å². The highest BCUT2D eigenvalue weighted by Gasteiger charge is 2.31. The number of anilines is 1. The van der Waals surface area contributed by atoms with Crippen molar-refractivity contribution in [3.8, 4) is 0 Å². The van der Waals surface area contributed by atoms with E-state index in [4.69, 9.17) is 0 Å². The molecule has 0 saturated heterocycles. The summed E-state index contributed by atoms with van der Waals surface area (Å²) in [4.78, 5) is 27.5. The first-order chi connectivity index (χ1) is 15.4. The van der Waals surface area contributed by atoms with Gasteiger partial charge < -0.3 is 10.2 Å². The molecular weight excluding hydrogens is 513 g/mol. The van der Waals surface area contributed by atoms with Crippen molar-refractivity contribution in [2.75, 3.05) is 17.1 Å². The van der Waals surface area contributed by atoms with Crippen LogP contribution in [0.1, 0.15) is 32.8 Å². The number of sulfonamides is 1. The minimum Gasteiger partial charge on any atom is -0.352 e. The van der Waals surface area contributed by atoms with Crippen LogP contribution in [-0.2, 0) is 26.2 Å². The van der Waals surface area contributed by atoms with Gasteiger partial charge in [0, 0.05) is 17.1 Å². The number of benzene rings is 2. The van der Waals surface area contributed by atoms with Crippen LogP contribution in [0.4, 0.5) is 10.1 Å².